The van der Waals surface area contributed by atoms with Crippen LogP contribution >= 0.6 is 11.6 Å². The fourth-order valence-corrected chi connectivity index (χ4v) is 4.79. The van der Waals surface area contributed by atoms with Crippen molar-refractivity contribution in [3.05, 3.63) is 95.9 Å². The third-order valence-corrected chi connectivity index (χ3v) is 7.38. The zero-order chi connectivity index (χ0) is 30.0. The summed E-state index contributed by atoms with van der Waals surface area (Å²) in [5, 5.41) is 14.9. The summed E-state index contributed by atoms with van der Waals surface area (Å²) >= 11 is 6.62. The minimum atomic E-state index is -0.922. The Bertz CT molecular complexity index is 1730. The molecule has 11 heteroatoms. The number of nitrogens with zero attached hydrogens (tertiary/aromatic N) is 6. The molecule has 0 radical (unpaired) electrons. The predicted molar refractivity (Wildman–Crippen MR) is 163 cm³/mol. The van der Waals surface area contributed by atoms with Gasteiger partial charge in [-0.3, -0.25) is 19.0 Å². The number of anilines is 1. The number of imidazole rings is 1. The molecule has 1 atom stereocenters. The van der Waals surface area contributed by atoms with Crippen molar-refractivity contribution in [2.45, 2.75) is 38.8 Å². The number of carbonyl (C=O) groups is 2. The molecule has 0 saturated heterocycles. The standard InChI is InChI=1S/C31H33ClN8O2/c1-31(2,3)40-18-23(16-35-40)21-8-11-25(32)22(14-21)15-26(37-30(42)27-12-13-34-39(27)5)29(41)36-24-9-6-20(7-10-24)28-17-33-19-38(28)4/h6-14,16-19,26H,15H2,1-5H3,(H,36,41)(H,37,42). The second kappa shape index (κ2) is 11.7. The number of aromatic nitrogens is 6. The van der Waals surface area contributed by atoms with Crippen LogP contribution in [0.2, 0.25) is 5.02 Å². The van der Waals surface area contributed by atoms with E-state index in [2.05, 4.69) is 46.6 Å². The molecule has 2 N–H and O–H groups in total. The van der Waals surface area contributed by atoms with Crippen molar-refractivity contribution in [1.82, 2.24) is 34.4 Å². The molecule has 3 aromatic heterocycles. The molecule has 0 spiro atoms. The molecular formula is C31H33ClN8O2. The van der Waals surface area contributed by atoms with E-state index < -0.39 is 11.9 Å². The Morgan fingerprint density at radius 3 is 2.31 bits per heavy atom. The van der Waals surface area contributed by atoms with E-state index in [1.54, 1.807) is 31.7 Å². The van der Waals surface area contributed by atoms with Gasteiger partial charge in [0.1, 0.15) is 11.7 Å². The minimum absolute atomic E-state index is 0.164. The SMILES string of the molecule is Cn1cncc1-c1ccc(NC(=O)C(Cc2cc(-c3cnn(C(C)(C)C)c3)ccc2Cl)NC(=O)c2ccnn2C)cc1. The Morgan fingerprint density at radius 1 is 0.952 bits per heavy atom. The van der Waals surface area contributed by atoms with Crippen LogP contribution in [0.1, 0.15) is 36.8 Å². The Morgan fingerprint density at radius 2 is 1.69 bits per heavy atom. The number of nitrogens with one attached hydrogen (secondary N) is 2. The summed E-state index contributed by atoms with van der Waals surface area (Å²) in [6, 6.07) is 13.8. The van der Waals surface area contributed by atoms with E-state index in [-0.39, 0.29) is 17.9 Å². The molecule has 216 valence electrons. The van der Waals surface area contributed by atoms with Gasteiger partial charge in [0, 0.05) is 49.2 Å². The molecule has 42 heavy (non-hydrogen) atoms. The first-order valence-corrected chi connectivity index (χ1v) is 13.9. The number of carbonyl (C=O) groups excluding carboxylic acids is 2. The van der Waals surface area contributed by atoms with Crippen LogP contribution in [-0.4, -0.2) is 47.0 Å². The zero-order valence-corrected chi connectivity index (χ0v) is 24.9. The van der Waals surface area contributed by atoms with Crippen LogP contribution in [0.15, 0.2) is 79.6 Å². The Balaban J connectivity index is 1.40. The first kappa shape index (κ1) is 28.8. The minimum Gasteiger partial charge on any atom is -0.339 e. The third kappa shape index (κ3) is 6.28. The lowest BCUT2D eigenvalue weighted by Crippen LogP contribution is -2.45. The molecule has 10 nitrogen and oxygen atoms in total. The van der Waals surface area contributed by atoms with Crippen molar-refractivity contribution in [1.29, 1.82) is 0 Å². The van der Waals surface area contributed by atoms with E-state index in [4.69, 9.17) is 11.6 Å². The van der Waals surface area contributed by atoms with Gasteiger partial charge in [-0.2, -0.15) is 10.2 Å². The van der Waals surface area contributed by atoms with Gasteiger partial charge in [0.2, 0.25) is 5.91 Å². The van der Waals surface area contributed by atoms with Gasteiger partial charge in [-0.15, -0.1) is 0 Å². The highest BCUT2D eigenvalue weighted by Crippen LogP contribution is 2.28. The maximum atomic E-state index is 13.6. The number of aryl methyl sites for hydroxylation is 2. The van der Waals surface area contributed by atoms with Gasteiger partial charge in [-0.05, 0) is 67.8 Å². The Labute approximate surface area is 249 Å². The molecule has 0 bridgehead atoms. The van der Waals surface area contributed by atoms with Crippen molar-refractivity contribution in [2.24, 2.45) is 14.1 Å². The molecule has 0 aliphatic rings. The lowest BCUT2D eigenvalue weighted by Gasteiger charge is -2.20. The molecule has 2 amide bonds. The lowest BCUT2D eigenvalue weighted by atomic mass is 10.00. The molecule has 5 aromatic rings. The highest BCUT2D eigenvalue weighted by Gasteiger charge is 2.25. The highest BCUT2D eigenvalue weighted by atomic mass is 35.5. The van der Waals surface area contributed by atoms with E-state index in [0.29, 0.717) is 16.4 Å². The first-order chi connectivity index (χ1) is 20.0. The number of rotatable bonds is 8. The van der Waals surface area contributed by atoms with Gasteiger partial charge >= 0.3 is 0 Å². The summed E-state index contributed by atoms with van der Waals surface area (Å²) in [6.07, 6.45) is 9.01. The smallest absolute Gasteiger partial charge is 0.270 e. The maximum Gasteiger partial charge on any atom is 0.270 e. The third-order valence-electron chi connectivity index (χ3n) is 7.01. The summed E-state index contributed by atoms with van der Waals surface area (Å²) in [6.45, 7) is 6.24. The normalized spacial score (nSPS) is 12.2. The molecule has 0 fully saturated rings. The lowest BCUT2D eigenvalue weighted by molar-refractivity contribution is -0.118. The molecule has 3 heterocycles. The zero-order valence-electron chi connectivity index (χ0n) is 24.2. The van der Waals surface area contributed by atoms with Crippen LogP contribution < -0.4 is 10.6 Å². The van der Waals surface area contributed by atoms with Crippen LogP contribution in [0, 0.1) is 0 Å². The Kier molecular flexibility index (Phi) is 8.00. The number of benzene rings is 2. The second-order valence-corrected chi connectivity index (χ2v) is 11.6. The van der Waals surface area contributed by atoms with Gasteiger partial charge < -0.3 is 15.2 Å². The summed E-state index contributed by atoms with van der Waals surface area (Å²) in [5.41, 5.74) is 5.24. The number of hydrogen-bond donors (Lipinski definition) is 2. The van der Waals surface area contributed by atoms with Crippen molar-refractivity contribution in [2.75, 3.05) is 5.32 Å². The molecule has 5 rings (SSSR count). The summed E-state index contributed by atoms with van der Waals surface area (Å²) in [4.78, 5) is 31.0. The number of hydrogen-bond acceptors (Lipinski definition) is 5. The molecule has 1 unspecified atom stereocenters. The average Bonchev–Trinajstić information content (AvgIpc) is 3.71. The molecule has 0 aliphatic heterocycles. The van der Waals surface area contributed by atoms with Crippen LogP contribution in [0.4, 0.5) is 5.69 Å². The number of amides is 2. The van der Waals surface area contributed by atoms with Crippen molar-refractivity contribution in [3.8, 4) is 22.4 Å². The summed E-state index contributed by atoms with van der Waals surface area (Å²) in [7, 11) is 3.59. The first-order valence-electron chi connectivity index (χ1n) is 13.5. The van der Waals surface area contributed by atoms with Crippen LogP contribution in [0.25, 0.3) is 22.4 Å². The quantitative estimate of drug-likeness (QED) is 0.264. The molecular weight excluding hydrogens is 552 g/mol. The fraction of sp³-hybridized carbons (Fsp3) is 0.258. The van der Waals surface area contributed by atoms with Gasteiger partial charge in [-0.1, -0.05) is 29.8 Å². The van der Waals surface area contributed by atoms with Crippen molar-refractivity contribution in [3.63, 3.8) is 0 Å². The number of halogens is 1. The highest BCUT2D eigenvalue weighted by molar-refractivity contribution is 6.31. The fourth-order valence-electron chi connectivity index (χ4n) is 4.60. The molecule has 0 aliphatic carbocycles. The topological polar surface area (TPSA) is 112 Å². The van der Waals surface area contributed by atoms with E-state index in [9.17, 15) is 9.59 Å². The molecule has 0 saturated carbocycles. The summed E-state index contributed by atoms with van der Waals surface area (Å²) < 4.78 is 5.28. The van der Waals surface area contributed by atoms with E-state index in [1.165, 1.54) is 10.9 Å². The Hall–Kier alpha value is -4.70. The van der Waals surface area contributed by atoms with Gasteiger partial charge in [0.25, 0.3) is 5.91 Å². The van der Waals surface area contributed by atoms with Crippen LogP contribution in [0.5, 0.6) is 0 Å². The molecule has 2 aromatic carbocycles. The van der Waals surface area contributed by atoms with Gasteiger partial charge in [0.15, 0.2) is 0 Å². The second-order valence-electron chi connectivity index (χ2n) is 11.2. The maximum absolute atomic E-state index is 13.6. The van der Waals surface area contributed by atoms with E-state index in [1.807, 2.05) is 65.1 Å². The monoisotopic (exact) mass is 584 g/mol. The average molecular weight is 585 g/mol. The van der Waals surface area contributed by atoms with Crippen molar-refractivity contribution >= 4 is 29.1 Å². The summed E-state index contributed by atoms with van der Waals surface area (Å²) in [5.74, 6) is -0.791. The van der Waals surface area contributed by atoms with Crippen molar-refractivity contribution < 1.29 is 9.59 Å². The predicted octanol–water partition coefficient (Wildman–Crippen LogP) is 5.07. The van der Waals surface area contributed by atoms with Gasteiger partial charge in [-0.25, -0.2) is 4.98 Å². The van der Waals surface area contributed by atoms with E-state index in [0.717, 1.165) is 27.9 Å². The van der Waals surface area contributed by atoms with E-state index >= 15 is 0 Å². The largest absolute Gasteiger partial charge is 0.339 e. The van der Waals surface area contributed by atoms with Gasteiger partial charge in [0.05, 0.1) is 30.0 Å². The van der Waals surface area contributed by atoms with Crippen LogP contribution in [0.3, 0.4) is 0 Å². The van der Waals surface area contributed by atoms with Crippen LogP contribution in [-0.2, 0) is 30.8 Å².